The van der Waals surface area contributed by atoms with Crippen molar-refractivity contribution in [1.29, 1.82) is 0 Å². The molecule has 2 atom stereocenters. The van der Waals surface area contributed by atoms with Crippen molar-refractivity contribution in [2.45, 2.75) is 11.4 Å². The van der Waals surface area contributed by atoms with Gasteiger partial charge in [-0.05, 0) is 12.1 Å². The van der Waals surface area contributed by atoms with Crippen LogP contribution in [0.2, 0.25) is 0 Å². The summed E-state index contributed by atoms with van der Waals surface area (Å²) in [5.41, 5.74) is 0.641. The SMILES string of the molecule is O=C(Nc1ccccc1)N[C@@H]1CS(=O)(=O)C[C@@H]1Cl. The number of sulfone groups is 1. The first-order chi connectivity index (χ1) is 8.46. The number of carbonyl (C=O) groups excluding carboxylic acids is 1. The van der Waals surface area contributed by atoms with Crippen molar-refractivity contribution in [3.8, 4) is 0 Å². The molecule has 1 aromatic carbocycles. The molecule has 1 saturated heterocycles. The number of amides is 2. The van der Waals surface area contributed by atoms with Gasteiger partial charge in [0.05, 0.1) is 22.9 Å². The zero-order valence-electron chi connectivity index (χ0n) is 9.47. The summed E-state index contributed by atoms with van der Waals surface area (Å²) in [5.74, 6) is -0.200. The number of benzene rings is 1. The minimum atomic E-state index is -3.14. The van der Waals surface area contributed by atoms with Crippen LogP contribution in [0.5, 0.6) is 0 Å². The molecule has 1 aliphatic rings. The highest BCUT2D eigenvalue weighted by Gasteiger charge is 2.37. The van der Waals surface area contributed by atoms with E-state index in [0.29, 0.717) is 5.69 Å². The van der Waals surface area contributed by atoms with E-state index in [9.17, 15) is 13.2 Å². The largest absolute Gasteiger partial charge is 0.333 e. The van der Waals surface area contributed by atoms with Crippen LogP contribution >= 0.6 is 11.6 Å². The summed E-state index contributed by atoms with van der Waals surface area (Å²) >= 11 is 5.89. The van der Waals surface area contributed by atoms with E-state index in [0.717, 1.165) is 0 Å². The van der Waals surface area contributed by atoms with Crippen molar-refractivity contribution in [2.75, 3.05) is 16.8 Å². The van der Waals surface area contributed by atoms with E-state index >= 15 is 0 Å². The van der Waals surface area contributed by atoms with Crippen molar-refractivity contribution < 1.29 is 13.2 Å². The molecule has 18 heavy (non-hydrogen) atoms. The van der Waals surface area contributed by atoms with Crippen LogP contribution in [0.25, 0.3) is 0 Å². The van der Waals surface area contributed by atoms with Crippen LogP contribution in [0.3, 0.4) is 0 Å². The second kappa shape index (κ2) is 5.16. The molecule has 1 fully saturated rings. The van der Waals surface area contributed by atoms with Crippen LogP contribution in [0.15, 0.2) is 30.3 Å². The molecule has 0 radical (unpaired) electrons. The maximum Gasteiger partial charge on any atom is 0.319 e. The summed E-state index contributed by atoms with van der Waals surface area (Å²) in [7, 11) is -3.14. The van der Waals surface area contributed by atoms with Gasteiger partial charge in [0.1, 0.15) is 0 Å². The maximum atomic E-state index is 11.6. The summed E-state index contributed by atoms with van der Waals surface area (Å²) in [6, 6.07) is 7.91. The van der Waals surface area contributed by atoms with Crippen LogP contribution in [0.1, 0.15) is 0 Å². The average molecular weight is 289 g/mol. The lowest BCUT2D eigenvalue weighted by Crippen LogP contribution is -2.42. The molecular formula is C11H13ClN2O3S. The van der Waals surface area contributed by atoms with Crippen molar-refractivity contribution in [3.05, 3.63) is 30.3 Å². The molecule has 98 valence electrons. The summed E-state index contributed by atoms with van der Waals surface area (Å²) in [6.07, 6.45) is 0. The fraction of sp³-hybridized carbons (Fsp3) is 0.364. The van der Waals surface area contributed by atoms with E-state index in [1.165, 1.54) is 0 Å². The van der Waals surface area contributed by atoms with Gasteiger partial charge < -0.3 is 10.6 Å². The molecule has 1 heterocycles. The summed E-state index contributed by atoms with van der Waals surface area (Å²) in [5, 5.41) is 4.61. The first-order valence-corrected chi connectivity index (χ1v) is 7.69. The first-order valence-electron chi connectivity index (χ1n) is 5.43. The molecule has 0 aromatic heterocycles. The molecule has 7 heteroatoms. The number of para-hydroxylation sites is 1. The minimum Gasteiger partial charge on any atom is -0.333 e. The number of urea groups is 1. The molecule has 0 aliphatic carbocycles. The van der Waals surface area contributed by atoms with Gasteiger partial charge >= 0.3 is 6.03 Å². The molecule has 0 bridgehead atoms. The third kappa shape index (κ3) is 3.36. The fourth-order valence-corrected chi connectivity index (χ4v) is 4.34. The molecule has 0 unspecified atom stereocenters. The van der Waals surface area contributed by atoms with Crippen molar-refractivity contribution in [1.82, 2.24) is 5.32 Å². The third-order valence-corrected chi connectivity index (χ3v) is 5.01. The van der Waals surface area contributed by atoms with E-state index in [1.807, 2.05) is 6.07 Å². The highest BCUT2D eigenvalue weighted by Crippen LogP contribution is 2.18. The second-order valence-corrected chi connectivity index (χ2v) is 6.88. The molecule has 2 rings (SSSR count). The monoisotopic (exact) mass is 288 g/mol. The summed E-state index contributed by atoms with van der Waals surface area (Å²) in [6.45, 7) is 0. The number of anilines is 1. The Morgan fingerprint density at radius 3 is 2.44 bits per heavy atom. The maximum absolute atomic E-state index is 11.6. The van der Waals surface area contributed by atoms with Gasteiger partial charge in [-0.3, -0.25) is 0 Å². The molecular weight excluding hydrogens is 276 g/mol. The fourth-order valence-electron chi connectivity index (χ4n) is 1.79. The highest BCUT2D eigenvalue weighted by molar-refractivity contribution is 7.91. The number of halogens is 1. The Morgan fingerprint density at radius 1 is 1.22 bits per heavy atom. The Bertz CT molecular complexity index is 532. The number of rotatable bonds is 2. The predicted molar refractivity (Wildman–Crippen MR) is 70.7 cm³/mol. The van der Waals surface area contributed by atoms with Gasteiger partial charge in [0.2, 0.25) is 0 Å². The van der Waals surface area contributed by atoms with Crippen molar-refractivity contribution in [3.63, 3.8) is 0 Å². The van der Waals surface area contributed by atoms with E-state index in [2.05, 4.69) is 10.6 Å². The number of hydrogen-bond donors (Lipinski definition) is 2. The topological polar surface area (TPSA) is 75.3 Å². The molecule has 2 N–H and O–H groups in total. The third-order valence-electron chi connectivity index (χ3n) is 2.63. The molecule has 0 spiro atoms. The zero-order valence-corrected chi connectivity index (χ0v) is 11.0. The van der Waals surface area contributed by atoms with Crippen LogP contribution < -0.4 is 10.6 Å². The van der Waals surface area contributed by atoms with Gasteiger partial charge in [-0.25, -0.2) is 13.2 Å². The average Bonchev–Trinajstić information content (AvgIpc) is 2.53. The van der Waals surface area contributed by atoms with Gasteiger partial charge in [-0.2, -0.15) is 0 Å². The van der Waals surface area contributed by atoms with Crippen molar-refractivity contribution >= 4 is 33.2 Å². The van der Waals surface area contributed by atoms with Crippen LogP contribution in [-0.2, 0) is 9.84 Å². The van der Waals surface area contributed by atoms with E-state index in [4.69, 9.17) is 11.6 Å². The van der Waals surface area contributed by atoms with Crippen molar-refractivity contribution in [2.24, 2.45) is 0 Å². The second-order valence-electron chi connectivity index (χ2n) is 4.16. The standard InChI is InChI=1S/C11H13ClN2O3S/c12-9-6-18(16,17)7-10(9)14-11(15)13-8-4-2-1-3-5-8/h1-5,9-10H,6-7H2,(H2,13,14,15)/t9-,10+/m0/s1. The Balaban J connectivity index is 1.93. The lowest BCUT2D eigenvalue weighted by atomic mass is 10.2. The Labute approximate surface area is 110 Å². The number of nitrogens with one attached hydrogen (secondary N) is 2. The first kappa shape index (κ1) is 13.2. The number of hydrogen-bond acceptors (Lipinski definition) is 3. The lowest BCUT2D eigenvalue weighted by Gasteiger charge is -2.14. The lowest BCUT2D eigenvalue weighted by molar-refractivity contribution is 0.249. The summed E-state index contributed by atoms with van der Waals surface area (Å²) in [4.78, 5) is 11.6. The minimum absolute atomic E-state index is 0.0924. The molecule has 1 aliphatic heterocycles. The van der Waals surface area contributed by atoms with Gasteiger partial charge in [0, 0.05) is 5.69 Å². The Morgan fingerprint density at radius 2 is 1.89 bits per heavy atom. The normalized spacial score (nSPS) is 25.6. The quantitative estimate of drug-likeness (QED) is 0.803. The van der Waals surface area contributed by atoms with E-state index in [1.54, 1.807) is 24.3 Å². The predicted octanol–water partition coefficient (Wildman–Crippen LogP) is 1.21. The number of carbonyl (C=O) groups is 1. The Hall–Kier alpha value is -1.27. The van der Waals surface area contributed by atoms with Gasteiger partial charge in [0.25, 0.3) is 0 Å². The highest BCUT2D eigenvalue weighted by atomic mass is 35.5. The van der Waals surface area contributed by atoms with Crippen LogP contribution in [0.4, 0.5) is 10.5 Å². The van der Waals surface area contributed by atoms with Gasteiger partial charge in [-0.15, -0.1) is 11.6 Å². The number of alkyl halides is 1. The van der Waals surface area contributed by atoms with Gasteiger partial charge in [0.15, 0.2) is 9.84 Å². The molecule has 0 saturated carbocycles. The van der Waals surface area contributed by atoms with Crippen LogP contribution in [0, 0.1) is 0 Å². The summed E-state index contributed by atoms with van der Waals surface area (Å²) < 4.78 is 22.7. The van der Waals surface area contributed by atoms with E-state index in [-0.39, 0.29) is 11.5 Å². The van der Waals surface area contributed by atoms with Gasteiger partial charge in [-0.1, -0.05) is 18.2 Å². The molecule has 1 aromatic rings. The molecule has 2 amide bonds. The Kier molecular flexibility index (Phi) is 3.77. The molecule has 5 nitrogen and oxygen atoms in total. The van der Waals surface area contributed by atoms with Crippen LogP contribution in [-0.4, -0.2) is 37.4 Å². The smallest absolute Gasteiger partial charge is 0.319 e. The van der Waals surface area contributed by atoms with E-state index < -0.39 is 27.3 Å². The zero-order chi connectivity index (χ0) is 13.2.